The molecular formula is C28H38N4O5S. The molecule has 3 aromatic heterocycles. The molecule has 0 radical (unpaired) electrons. The number of carbonyl (C=O) groups is 2. The molecule has 4 heterocycles. The number of carbonyl (C=O) groups excluding carboxylic acids is 2. The van der Waals surface area contributed by atoms with E-state index in [1.807, 2.05) is 33.8 Å². The topological polar surface area (TPSA) is 117 Å². The van der Waals surface area contributed by atoms with E-state index in [2.05, 4.69) is 10.3 Å². The highest BCUT2D eigenvalue weighted by molar-refractivity contribution is 7.16. The van der Waals surface area contributed by atoms with E-state index in [0.717, 1.165) is 21.7 Å². The number of hydrogen-bond donors (Lipinski definition) is 3. The monoisotopic (exact) mass is 542 g/mol. The van der Waals surface area contributed by atoms with Gasteiger partial charge in [0.15, 0.2) is 0 Å². The molecule has 1 atom stereocenters. The SMILES string of the molecule is CC(C)NC(=O)c1cc2c(-c3sc(C(C)(C)C(C)(C)O)cc3OCC3CCC(=O)N3C)cn(C)c(=O)c2[nH]1. The molecule has 0 saturated carbocycles. The van der Waals surface area contributed by atoms with E-state index in [1.54, 1.807) is 45.1 Å². The number of aromatic amines is 1. The average Bonchev–Trinajstić information content (AvgIpc) is 3.52. The molecular weight excluding hydrogens is 504 g/mol. The molecule has 1 fully saturated rings. The highest BCUT2D eigenvalue weighted by Crippen LogP contribution is 2.47. The lowest BCUT2D eigenvalue weighted by Gasteiger charge is -2.36. The molecule has 9 nitrogen and oxygen atoms in total. The summed E-state index contributed by atoms with van der Waals surface area (Å²) >= 11 is 1.49. The Bertz CT molecular complexity index is 1440. The number of amides is 2. The summed E-state index contributed by atoms with van der Waals surface area (Å²) in [6.45, 7) is 11.6. The number of fused-ring (bicyclic) bond motifs is 1. The van der Waals surface area contributed by atoms with E-state index in [0.29, 0.717) is 35.4 Å². The standard InChI is InChI=1S/C28H38N4O5S/c1-15(2)29-25(34)19-11-17-18(13-31(7)26(35)23(17)30-19)24-20(37-14-16-9-10-22(33)32(16)8)12-21(38-24)27(3,4)28(5,6)36/h11-13,15-16,30,36H,9-10,14H2,1-8H3,(H,29,34). The van der Waals surface area contributed by atoms with Crippen LogP contribution in [0.2, 0.25) is 0 Å². The third kappa shape index (κ3) is 4.99. The van der Waals surface area contributed by atoms with Crippen LogP contribution in [-0.4, -0.2) is 62.7 Å². The zero-order chi connectivity index (χ0) is 28.2. The van der Waals surface area contributed by atoms with Crippen molar-refractivity contribution in [1.82, 2.24) is 19.8 Å². The fraction of sp³-hybridized carbons (Fsp3) is 0.536. The minimum absolute atomic E-state index is 0.0280. The fourth-order valence-corrected chi connectivity index (χ4v) is 5.88. The summed E-state index contributed by atoms with van der Waals surface area (Å²) < 4.78 is 7.86. The van der Waals surface area contributed by atoms with Crippen LogP contribution in [0.4, 0.5) is 0 Å². The number of nitrogens with zero attached hydrogens (tertiary/aromatic N) is 2. The predicted octanol–water partition coefficient (Wildman–Crippen LogP) is 3.78. The second-order valence-electron chi connectivity index (χ2n) is 11.6. The predicted molar refractivity (Wildman–Crippen MR) is 150 cm³/mol. The maximum Gasteiger partial charge on any atom is 0.274 e. The third-order valence-electron chi connectivity index (χ3n) is 7.78. The Hall–Kier alpha value is -3.11. The van der Waals surface area contributed by atoms with Gasteiger partial charge in [-0.25, -0.2) is 0 Å². The number of rotatable bonds is 8. The van der Waals surface area contributed by atoms with E-state index in [4.69, 9.17) is 4.74 Å². The van der Waals surface area contributed by atoms with Gasteiger partial charge in [0.2, 0.25) is 5.91 Å². The van der Waals surface area contributed by atoms with Crippen molar-refractivity contribution in [2.45, 2.75) is 77.5 Å². The maximum atomic E-state index is 13.0. The molecule has 3 N–H and O–H groups in total. The number of likely N-dealkylation sites (N-methyl/N-ethyl adjacent to an activating group) is 1. The van der Waals surface area contributed by atoms with Gasteiger partial charge in [0.05, 0.1) is 16.5 Å². The number of nitrogens with one attached hydrogen (secondary N) is 2. The van der Waals surface area contributed by atoms with E-state index in [1.165, 1.54) is 15.9 Å². The Morgan fingerprint density at radius 3 is 2.50 bits per heavy atom. The number of ether oxygens (including phenoxy) is 1. The summed E-state index contributed by atoms with van der Waals surface area (Å²) in [5, 5.41) is 14.4. The summed E-state index contributed by atoms with van der Waals surface area (Å²) in [6, 6.07) is 3.57. The molecule has 0 aliphatic carbocycles. The quantitative estimate of drug-likeness (QED) is 0.401. The van der Waals surface area contributed by atoms with Gasteiger partial charge in [-0.1, -0.05) is 13.8 Å². The molecule has 0 bridgehead atoms. The van der Waals surface area contributed by atoms with Crippen LogP contribution in [0.5, 0.6) is 5.75 Å². The number of hydrogen-bond acceptors (Lipinski definition) is 6. The van der Waals surface area contributed by atoms with Gasteiger partial charge < -0.3 is 29.6 Å². The van der Waals surface area contributed by atoms with Crippen LogP contribution in [-0.2, 0) is 17.3 Å². The molecule has 0 aromatic carbocycles. The van der Waals surface area contributed by atoms with Crippen molar-refractivity contribution in [3.8, 4) is 16.2 Å². The Morgan fingerprint density at radius 1 is 1.24 bits per heavy atom. The minimum Gasteiger partial charge on any atom is -0.490 e. The highest BCUT2D eigenvalue weighted by Gasteiger charge is 2.39. The molecule has 38 heavy (non-hydrogen) atoms. The van der Waals surface area contributed by atoms with Crippen LogP contribution in [0.25, 0.3) is 21.3 Å². The Kier molecular flexibility index (Phi) is 7.26. The van der Waals surface area contributed by atoms with Gasteiger partial charge in [0.25, 0.3) is 11.5 Å². The van der Waals surface area contributed by atoms with Crippen molar-refractivity contribution in [3.05, 3.63) is 39.3 Å². The zero-order valence-corrected chi connectivity index (χ0v) is 24.2. The first kappa shape index (κ1) is 27.9. The Balaban J connectivity index is 1.86. The minimum atomic E-state index is -1.01. The average molecular weight is 543 g/mol. The number of thiophene rings is 1. The molecule has 3 aromatic rings. The lowest BCUT2D eigenvalue weighted by molar-refractivity contribution is -0.127. The van der Waals surface area contributed by atoms with Crippen molar-refractivity contribution >= 4 is 34.1 Å². The summed E-state index contributed by atoms with van der Waals surface area (Å²) in [7, 11) is 3.47. The fourth-order valence-electron chi connectivity index (χ4n) is 4.50. The first-order valence-electron chi connectivity index (χ1n) is 12.9. The van der Waals surface area contributed by atoms with Crippen molar-refractivity contribution in [2.75, 3.05) is 13.7 Å². The number of aromatic nitrogens is 2. The van der Waals surface area contributed by atoms with Gasteiger partial charge in [-0.2, -0.15) is 0 Å². The lowest BCUT2D eigenvalue weighted by Crippen LogP contribution is -2.41. The summed E-state index contributed by atoms with van der Waals surface area (Å²) in [5.41, 5.74) is -0.471. The van der Waals surface area contributed by atoms with E-state index < -0.39 is 11.0 Å². The van der Waals surface area contributed by atoms with Gasteiger partial charge in [0, 0.05) is 54.0 Å². The normalized spacial score (nSPS) is 16.6. The van der Waals surface area contributed by atoms with Crippen LogP contribution >= 0.6 is 11.3 Å². The Morgan fingerprint density at radius 2 is 1.92 bits per heavy atom. The molecule has 4 rings (SSSR count). The van der Waals surface area contributed by atoms with E-state index in [9.17, 15) is 19.5 Å². The number of pyridine rings is 1. The maximum absolute atomic E-state index is 13.0. The molecule has 1 saturated heterocycles. The van der Waals surface area contributed by atoms with Crippen LogP contribution in [0.15, 0.2) is 23.1 Å². The largest absolute Gasteiger partial charge is 0.490 e. The van der Waals surface area contributed by atoms with E-state index in [-0.39, 0.29) is 29.5 Å². The molecule has 1 aliphatic rings. The highest BCUT2D eigenvalue weighted by atomic mass is 32.1. The lowest BCUT2D eigenvalue weighted by atomic mass is 9.76. The van der Waals surface area contributed by atoms with Crippen molar-refractivity contribution in [1.29, 1.82) is 0 Å². The molecule has 206 valence electrons. The van der Waals surface area contributed by atoms with Gasteiger partial charge >= 0.3 is 0 Å². The van der Waals surface area contributed by atoms with Crippen LogP contribution < -0.4 is 15.6 Å². The van der Waals surface area contributed by atoms with Crippen LogP contribution in [0, 0.1) is 0 Å². The second-order valence-corrected chi connectivity index (χ2v) is 12.6. The van der Waals surface area contributed by atoms with E-state index >= 15 is 0 Å². The molecule has 0 spiro atoms. The van der Waals surface area contributed by atoms with Crippen molar-refractivity contribution in [3.63, 3.8) is 0 Å². The number of H-pyrrole nitrogens is 1. The smallest absolute Gasteiger partial charge is 0.274 e. The number of aryl methyl sites for hydroxylation is 1. The number of aliphatic hydroxyl groups is 1. The summed E-state index contributed by atoms with van der Waals surface area (Å²) in [6.07, 6.45) is 2.99. The summed E-state index contributed by atoms with van der Waals surface area (Å²) in [4.78, 5) is 44.3. The zero-order valence-electron chi connectivity index (χ0n) is 23.4. The van der Waals surface area contributed by atoms with Gasteiger partial charge in [-0.3, -0.25) is 14.4 Å². The number of likely N-dealkylation sites (tertiary alicyclic amines) is 1. The van der Waals surface area contributed by atoms with Gasteiger partial charge in [-0.15, -0.1) is 11.3 Å². The van der Waals surface area contributed by atoms with Gasteiger partial charge in [0.1, 0.15) is 23.6 Å². The summed E-state index contributed by atoms with van der Waals surface area (Å²) in [5.74, 6) is 0.432. The first-order chi connectivity index (χ1) is 17.6. The van der Waals surface area contributed by atoms with Crippen LogP contribution in [0.3, 0.4) is 0 Å². The Labute approximate surface area is 226 Å². The molecule has 1 aliphatic heterocycles. The van der Waals surface area contributed by atoms with Crippen molar-refractivity contribution < 1.29 is 19.4 Å². The van der Waals surface area contributed by atoms with Crippen LogP contribution in [0.1, 0.15) is 69.7 Å². The van der Waals surface area contributed by atoms with Gasteiger partial charge in [-0.05, 0) is 46.2 Å². The molecule has 1 unspecified atom stereocenters. The molecule has 2 amide bonds. The van der Waals surface area contributed by atoms with Crippen molar-refractivity contribution in [2.24, 2.45) is 7.05 Å². The third-order valence-corrected chi connectivity index (χ3v) is 9.25. The first-order valence-corrected chi connectivity index (χ1v) is 13.7. The second kappa shape index (κ2) is 9.89. The molecule has 10 heteroatoms.